The van der Waals surface area contributed by atoms with Crippen LogP contribution in [-0.2, 0) is 15.8 Å². The van der Waals surface area contributed by atoms with Crippen molar-refractivity contribution in [3.05, 3.63) is 28.8 Å². The molecule has 0 saturated carbocycles. The van der Waals surface area contributed by atoms with E-state index in [0.29, 0.717) is 13.0 Å². The first kappa shape index (κ1) is 20.2. The lowest BCUT2D eigenvalue weighted by Gasteiger charge is -2.15. The molecular formula is C15H18ClF3N2O3. The molecule has 0 aromatic heterocycles. The molecule has 0 heterocycles. The van der Waals surface area contributed by atoms with Crippen LogP contribution in [0.4, 0.5) is 18.9 Å². The molecule has 0 spiro atoms. The Hall–Kier alpha value is -1.80. The lowest BCUT2D eigenvalue weighted by atomic mass is 10.1. The minimum absolute atomic E-state index is 0.00908. The summed E-state index contributed by atoms with van der Waals surface area (Å²) in [7, 11) is 0. The molecule has 1 atom stereocenters. The summed E-state index contributed by atoms with van der Waals surface area (Å²) in [6, 6.07) is 2.91. The number of hydrogen-bond donors (Lipinski definition) is 3. The van der Waals surface area contributed by atoms with Crippen LogP contribution in [0.3, 0.4) is 0 Å². The second-order valence-corrected chi connectivity index (χ2v) is 5.70. The van der Waals surface area contributed by atoms with Crippen LogP contribution in [0.2, 0.25) is 5.02 Å². The van der Waals surface area contributed by atoms with E-state index in [0.717, 1.165) is 12.1 Å². The van der Waals surface area contributed by atoms with Gasteiger partial charge in [-0.25, -0.2) is 0 Å². The van der Waals surface area contributed by atoms with Crippen molar-refractivity contribution in [1.82, 2.24) is 5.32 Å². The van der Waals surface area contributed by atoms with Gasteiger partial charge in [0.15, 0.2) is 0 Å². The molecule has 1 amide bonds. The van der Waals surface area contributed by atoms with Crippen molar-refractivity contribution >= 4 is 29.2 Å². The monoisotopic (exact) mass is 366 g/mol. The highest BCUT2D eigenvalue weighted by molar-refractivity contribution is 6.31. The second-order valence-electron chi connectivity index (χ2n) is 5.30. The zero-order valence-corrected chi connectivity index (χ0v) is 13.7. The number of aliphatic carboxylic acids is 1. The molecule has 0 aliphatic carbocycles. The third-order valence-corrected chi connectivity index (χ3v) is 3.44. The van der Waals surface area contributed by atoms with Crippen LogP contribution in [0, 0.1) is 0 Å². The molecule has 5 nitrogen and oxygen atoms in total. The van der Waals surface area contributed by atoms with Gasteiger partial charge in [0.25, 0.3) is 0 Å². The molecule has 1 rings (SSSR count). The summed E-state index contributed by atoms with van der Waals surface area (Å²) < 4.78 is 38.3. The van der Waals surface area contributed by atoms with Crippen molar-refractivity contribution in [3.8, 4) is 0 Å². The Morgan fingerprint density at radius 2 is 2.00 bits per heavy atom. The summed E-state index contributed by atoms with van der Waals surface area (Å²) in [5, 5.41) is 13.4. The highest BCUT2D eigenvalue weighted by Crippen LogP contribution is 2.36. The standard InChI is InChI=1S/C15H18ClF3N2O3/c1-9(20-6-2-3-14(23)24)7-13(22)21-10-4-5-12(16)11(8-10)15(17,18)19/h4-5,8-9,20H,2-3,6-7H2,1H3,(H,21,22)(H,23,24). The number of carbonyl (C=O) groups is 2. The van der Waals surface area contributed by atoms with Gasteiger partial charge in [-0.2, -0.15) is 13.2 Å². The predicted octanol–water partition coefficient (Wildman–Crippen LogP) is 3.53. The van der Waals surface area contributed by atoms with E-state index in [-0.39, 0.29) is 24.6 Å². The third-order valence-electron chi connectivity index (χ3n) is 3.11. The van der Waals surface area contributed by atoms with Crippen molar-refractivity contribution in [2.24, 2.45) is 0 Å². The van der Waals surface area contributed by atoms with Crippen molar-refractivity contribution in [1.29, 1.82) is 0 Å². The summed E-state index contributed by atoms with van der Waals surface area (Å²) in [4.78, 5) is 22.2. The van der Waals surface area contributed by atoms with Crippen molar-refractivity contribution in [2.45, 2.75) is 38.4 Å². The summed E-state index contributed by atoms with van der Waals surface area (Å²) in [5.41, 5.74) is -1.00. The Kier molecular flexibility index (Phi) is 7.50. The maximum Gasteiger partial charge on any atom is 0.417 e. The number of hydrogen-bond acceptors (Lipinski definition) is 3. The first-order valence-electron chi connectivity index (χ1n) is 7.21. The number of rotatable bonds is 8. The van der Waals surface area contributed by atoms with Crippen LogP contribution in [0.5, 0.6) is 0 Å². The molecule has 0 bridgehead atoms. The van der Waals surface area contributed by atoms with Crippen LogP contribution in [-0.4, -0.2) is 29.6 Å². The van der Waals surface area contributed by atoms with E-state index in [2.05, 4.69) is 10.6 Å². The molecule has 134 valence electrons. The SMILES string of the molecule is CC(CC(=O)Nc1ccc(Cl)c(C(F)(F)F)c1)NCCCC(=O)O. The molecule has 9 heteroatoms. The molecule has 1 unspecified atom stereocenters. The Morgan fingerprint density at radius 1 is 1.33 bits per heavy atom. The van der Waals surface area contributed by atoms with Crippen molar-refractivity contribution in [2.75, 3.05) is 11.9 Å². The van der Waals surface area contributed by atoms with E-state index in [4.69, 9.17) is 16.7 Å². The zero-order valence-electron chi connectivity index (χ0n) is 12.9. The van der Waals surface area contributed by atoms with E-state index in [1.165, 1.54) is 6.07 Å². The number of amides is 1. The summed E-state index contributed by atoms with van der Waals surface area (Å²) in [5.74, 6) is -1.35. The predicted molar refractivity (Wildman–Crippen MR) is 84.0 cm³/mol. The molecule has 1 aromatic rings. The summed E-state index contributed by atoms with van der Waals surface area (Å²) in [6.07, 6.45) is -4.11. The van der Waals surface area contributed by atoms with Gasteiger partial charge < -0.3 is 15.7 Å². The van der Waals surface area contributed by atoms with Gasteiger partial charge in [-0.3, -0.25) is 9.59 Å². The van der Waals surface area contributed by atoms with Gasteiger partial charge in [0.05, 0.1) is 10.6 Å². The highest BCUT2D eigenvalue weighted by Gasteiger charge is 2.33. The average Bonchev–Trinajstić information content (AvgIpc) is 2.44. The van der Waals surface area contributed by atoms with Gasteiger partial charge in [-0.05, 0) is 38.1 Å². The minimum Gasteiger partial charge on any atom is -0.481 e. The van der Waals surface area contributed by atoms with Gasteiger partial charge in [-0.1, -0.05) is 11.6 Å². The summed E-state index contributed by atoms with van der Waals surface area (Å²) >= 11 is 5.51. The third kappa shape index (κ3) is 7.18. The van der Waals surface area contributed by atoms with E-state index in [1.807, 2.05) is 0 Å². The Bertz CT molecular complexity index is 594. The lowest BCUT2D eigenvalue weighted by molar-refractivity contribution is -0.138. The van der Waals surface area contributed by atoms with Gasteiger partial charge in [0, 0.05) is 24.6 Å². The van der Waals surface area contributed by atoms with Crippen molar-refractivity contribution in [3.63, 3.8) is 0 Å². The normalized spacial score (nSPS) is 12.7. The zero-order chi connectivity index (χ0) is 18.3. The van der Waals surface area contributed by atoms with Crippen LogP contribution in [0.25, 0.3) is 0 Å². The van der Waals surface area contributed by atoms with Crippen LogP contribution < -0.4 is 10.6 Å². The highest BCUT2D eigenvalue weighted by atomic mass is 35.5. The molecular weight excluding hydrogens is 349 g/mol. The molecule has 0 radical (unpaired) electrons. The fraction of sp³-hybridized carbons (Fsp3) is 0.467. The Morgan fingerprint density at radius 3 is 2.58 bits per heavy atom. The van der Waals surface area contributed by atoms with Gasteiger partial charge in [0.2, 0.25) is 5.91 Å². The van der Waals surface area contributed by atoms with Gasteiger partial charge >= 0.3 is 12.1 Å². The second kappa shape index (κ2) is 8.89. The fourth-order valence-electron chi connectivity index (χ4n) is 1.97. The van der Waals surface area contributed by atoms with Crippen LogP contribution in [0.15, 0.2) is 18.2 Å². The minimum atomic E-state index is -4.60. The van der Waals surface area contributed by atoms with E-state index < -0.39 is 28.6 Å². The molecule has 0 fully saturated rings. The maximum atomic E-state index is 12.8. The van der Waals surface area contributed by atoms with Crippen molar-refractivity contribution < 1.29 is 27.9 Å². The first-order valence-corrected chi connectivity index (χ1v) is 7.59. The number of nitrogens with one attached hydrogen (secondary N) is 2. The smallest absolute Gasteiger partial charge is 0.417 e. The van der Waals surface area contributed by atoms with E-state index in [9.17, 15) is 22.8 Å². The number of alkyl halides is 3. The number of carbonyl (C=O) groups excluding carboxylic acids is 1. The first-order chi connectivity index (χ1) is 11.1. The Balaban J connectivity index is 2.52. The number of carboxylic acids is 1. The number of carboxylic acid groups (broad SMARTS) is 1. The molecule has 0 aliphatic heterocycles. The molecule has 0 aliphatic rings. The van der Waals surface area contributed by atoms with Gasteiger partial charge in [0.1, 0.15) is 0 Å². The molecule has 3 N–H and O–H groups in total. The Labute approximate surface area is 142 Å². The quantitative estimate of drug-likeness (QED) is 0.615. The number of benzene rings is 1. The molecule has 24 heavy (non-hydrogen) atoms. The molecule has 1 aromatic carbocycles. The topological polar surface area (TPSA) is 78.4 Å². The summed E-state index contributed by atoms with van der Waals surface area (Å²) in [6.45, 7) is 2.16. The lowest BCUT2D eigenvalue weighted by Crippen LogP contribution is -2.31. The largest absolute Gasteiger partial charge is 0.481 e. The van der Waals surface area contributed by atoms with Crippen LogP contribution in [0.1, 0.15) is 31.7 Å². The fourth-order valence-corrected chi connectivity index (χ4v) is 2.20. The van der Waals surface area contributed by atoms with Crippen LogP contribution >= 0.6 is 11.6 Å². The van der Waals surface area contributed by atoms with E-state index >= 15 is 0 Å². The average molecular weight is 367 g/mol. The molecule has 0 saturated heterocycles. The van der Waals surface area contributed by atoms with Gasteiger partial charge in [-0.15, -0.1) is 0 Å². The van der Waals surface area contributed by atoms with E-state index in [1.54, 1.807) is 6.92 Å². The maximum absolute atomic E-state index is 12.8. The number of halogens is 4. The number of anilines is 1.